The third-order valence-corrected chi connectivity index (χ3v) is 6.72. The molecule has 1 heterocycles. The van der Waals surface area contributed by atoms with Crippen molar-refractivity contribution in [1.82, 2.24) is 4.98 Å². The normalized spacial score (nSPS) is 22.2. The first-order chi connectivity index (χ1) is 13.7. The van der Waals surface area contributed by atoms with E-state index in [0.717, 1.165) is 50.7 Å². The van der Waals surface area contributed by atoms with E-state index in [2.05, 4.69) is 69.4 Å². The molecule has 2 saturated carbocycles. The van der Waals surface area contributed by atoms with Crippen LogP contribution in [0.3, 0.4) is 0 Å². The van der Waals surface area contributed by atoms with Gasteiger partial charge in [0.1, 0.15) is 5.75 Å². The van der Waals surface area contributed by atoms with Gasteiger partial charge in [-0.1, -0.05) is 28.1 Å². The molecule has 2 aromatic carbocycles. The number of nitrogens with zero attached hydrogens (tertiary/aromatic N) is 1. The van der Waals surface area contributed by atoms with Crippen LogP contribution in [0.15, 0.2) is 59.2 Å². The predicted molar refractivity (Wildman–Crippen MR) is 117 cm³/mol. The Bertz CT molecular complexity index is 984. The number of ether oxygens (including phenoxy) is 1. The topological polar surface area (TPSA) is 48.1 Å². The Morgan fingerprint density at radius 3 is 2.68 bits per heavy atom. The molecule has 3 unspecified atom stereocenters. The minimum absolute atomic E-state index is 0.417. The van der Waals surface area contributed by atoms with Gasteiger partial charge in [-0.15, -0.1) is 0 Å². The minimum Gasteiger partial charge on any atom is -0.493 e. The number of rotatable bonds is 7. The lowest BCUT2D eigenvalue weighted by Gasteiger charge is -2.11. The smallest absolute Gasteiger partial charge is 0.119 e. The fourth-order valence-corrected chi connectivity index (χ4v) is 4.42. The van der Waals surface area contributed by atoms with Gasteiger partial charge in [-0.3, -0.25) is 4.98 Å². The number of nitrogens with two attached hydrogens (primary N) is 1. The molecule has 2 aliphatic rings. The van der Waals surface area contributed by atoms with Gasteiger partial charge < -0.3 is 10.5 Å². The molecule has 0 radical (unpaired) electrons. The van der Waals surface area contributed by atoms with Crippen molar-refractivity contribution < 1.29 is 4.74 Å². The highest BCUT2D eigenvalue weighted by Gasteiger charge is 2.41. The zero-order valence-electron chi connectivity index (χ0n) is 15.9. The number of fused-ring (bicyclic) bond motifs is 1. The van der Waals surface area contributed by atoms with Gasteiger partial charge >= 0.3 is 0 Å². The van der Waals surface area contributed by atoms with E-state index in [9.17, 15) is 0 Å². The van der Waals surface area contributed by atoms with Gasteiger partial charge in [0.15, 0.2) is 0 Å². The molecule has 1 aromatic heterocycles. The lowest BCUT2D eigenvalue weighted by Crippen LogP contribution is -2.23. The summed E-state index contributed by atoms with van der Waals surface area (Å²) in [5.74, 6) is 3.19. The molecule has 4 heteroatoms. The molecule has 0 spiro atoms. The first kappa shape index (κ1) is 18.1. The molecular formula is C24H25BrN2O. The summed E-state index contributed by atoms with van der Waals surface area (Å²) in [5.41, 5.74) is 8.40. The average Bonchev–Trinajstić information content (AvgIpc) is 3.62. The lowest BCUT2D eigenvalue weighted by atomic mass is 10.0. The maximum absolute atomic E-state index is 6.27. The van der Waals surface area contributed by atoms with Crippen molar-refractivity contribution >= 4 is 26.7 Å². The number of halogens is 1. The van der Waals surface area contributed by atoms with Crippen LogP contribution in [-0.2, 0) is 0 Å². The Morgan fingerprint density at radius 1 is 1.07 bits per heavy atom. The molecule has 0 amide bonds. The molecule has 2 N–H and O–H groups in total. The molecule has 28 heavy (non-hydrogen) atoms. The molecule has 3 atom stereocenters. The Balaban J connectivity index is 1.26. The maximum atomic E-state index is 6.27. The summed E-state index contributed by atoms with van der Waals surface area (Å²) in [6.45, 7) is 0.804. The van der Waals surface area contributed by atoms with E-state index in [0.29, 0.717) is 12.0 Å². The number of hydrogen-bond acceptors (Lipinski definition) is 3. The number of hydrogen-bond donors (Lipinski definition) is 1. The van der Waals surface area contributed by atoms with E-state index in [1.807, 2.05) is 6.20 Å². The van der Waals surface area contributed by atoms with E-state index >= 15 is 0 Å². The Morgan fingerprint density at radius 2 is 1.89 bits per heavy atom. The van der Waals surface area contributed by atoms with Gasteiger partial charge in [0.25, 0.3) is 0 Å². The zero-order valence-corrected chi connectivity index (χ0v) is 17.4. The highest BCUT2D eigenvalue weighted by Crippen LogP contribution is 2.45. The Hall–Kier alpha value is -1.91. The van der Waals surface area contributed by atoms with Crippen molar-refractivity contribution in [3.63, 3.8) is 0 Å². The van der Waals surface area contributed by atoms with Gasteiger partial charge in [-0.25, -0.2) is 0 Å². The molecule has 5 rings (SSSR count). The highest BCUT2D eigenvalue weighted by molar-refractivity contribution is 9.10. The molecule has 2 aliphatic carbocycles. The predicted octanol–water partition coefficient (Wildman–Crippen LogP) is 5.81. The summed E-state index contributed by atoms with van der Waals surface area (Å²) in [6.07, 6.45) is 7.00. The standard InChI is InChI=1S/C24H25BrN2O/c25-20-5-3-16(4-6-20)24-22-8-7-21(12-17(22)9-10-27-24)28-14-19-11-18(19)13-23(26)15-1-2-15/h3-10,12,15,18-19,23H,1-2,11,13-14,26H2. The molecular weight excluding hydrogens is 412 g/mol. The van der Waals surface area contributed by atoms with Crippen molar-refractivity contribution in [1.29, 1.82) is 0 Å². The van der Waals surface area contributed by atoms with Crippen LogP contribution in [0.1, 0.15) is 25.7 Å². The zero-order chi connectivity index (χ0) is 19.1. The lowest BCUT2D eigenvalue weighted by molar-refractivity contribution is 0.288. The van der Waals surface area contributed by atoms with Gasteiger partial charge in [0.05, 0.1) is 12.3 Å². The van der Waals surface area contributed by atoms with E-state index < -0.39 is 0 Å². The summed E-state index contributed by atoms with van der Waals surface area (Å²) >= 11 is 3.49. The molecule has 0 saturated heterocycles. The molecule has 0 aliphatic heterocycles. The fraction of sp³-hybridized carbons (Fsp3) is 0.375. The quantitative estimate of drug-likeness (QED) is 0.508. The monoisotopic (exact) mass is 436 g/mol. The van der Waals surface area contributed by atoms with E-state index in [-0.39, 0.29) is 0 Å². The van der Waals surface area contributed by atoms with Gasteiger partial charge in [-0.2, -0.15) is 0 Å². The number of benzene rings is 2. The van der Waals surface area contributed by atoms with Crippen LogP contribution in [0.5, 0.6) is 5.75 Å². The van der Waals surface area contributed by atoms with Crippen LogP contribution in [0.25, 0.3) is 22.0 Å². The summed E-state index contributed by atoms with van der Waals surface area (Å²) in [6, 6.07) is 17.1. The maximum Gasteiger partial charge on any atom is 0.119 e. The van der Waals surface area contributed by atoms with Crippen LogP contribution in [0.2, 0.25) is 0 Å². The third kappa shape index (κ3) is 3.94. The van der Waals surface area contributed by atoms with Crippen LogP contribution in [0, 0.1) is 17.8 Å². The van der Waals surface area contributed by atoms with E-state index in [1.54, 1.807) is 0 Å². The first-order valence-corrected chi connectivity index (χ1v) is 11.0. The average molecular weight is 437 g/mol. The molecule has 3 nitrogen and oxygen atoms in total. The van der Waals surface area contributed by atoms with Crippen molar-refractivity contribution in [2.24, 2.45) is 23.5 Å². The second kappa shape index (κ2) is 7.49. The third-order valence-electron chi connectivity index (χ3n) is 6.19. The Kier molecular flexibility index (Phi) is 4.85. The van der Waals surface area contributed by atoms with Gasteiger partial charge in [0.2, 0.25) is 0 Å². The van der Waals surface area contributed by atoms with Crippen molar-refractivity contribution in [3.05, 3.63) is 59.2 Å². The van der Waals surface area contributed by atoms with Crippen molar-refractivity contribution in [2.45, 2.75) is 31.7 Å². The van der Waals surface area contributed by atoms with Crippen molar-refractivity contribution in [3.8, 4) is 17.0 Å². The van der Waals surface area contributed by atoms with Crippen LogP contribution < -0.4 is 10.5 Å². The van der Waals surface area contributed by atoms with Gasteiger partial charge in [-0.05, 0) is 85.2 Å². The SMILES string of the molecule is NC(CC1CC1COc1ccc2c(-c3ccc(Br)cc3)nccc2c1)C1CC1. The molecule has 0 bridgehead atoms. The van der Waals surface area contributed by atoms with Crippen LogP contribution in [0.4, 0.5) is 0 Å². The number of aromatic nitrogens is 1. The van der Waals surface area contributed by atoms with Crippen molar-refractivity contribution in [2.75, 3.05) is 6.61 Å². The molecule has 2 fully saturated rings. The fourth-order valence-electron chi connectivity index (χ4n) is 4.16. The highest BCUT2D eigenvalue weighted by atomic mass is 79.9. The summed E-state index contributed by atoms with van der Waals surface area (Å²) in [7, 11) is 0. The van der Waals surface area contributed by atoms with Crippen LogP contribution >= 0.6 is 15.9 Å². The van der Waals surface area contributed by atoms with Crippen LogP contribution in [-0.4, -0.2) is 17.6 Å². The first-order valence-electron chi connectivity index (χ1n) is 10.2. The van der Waals surface area contributed by atoms with E-state index in [1.165, 1.54) is 25.7 Å². The molecule has 144 valence electrons. The second-order valence-electron chi connectivity index (χ2n) is 8.35. The second-order valence-corrected chi connectivity index (χ2v) is 9.27. The van der Waals surface area contributed by atoms with Gasteiger partial charge in [0, 0.05) is 27.7 Å². The summed E-state index contributed by atoms with van der Waals surface area (Å²) in [5, 5.41) is 2.31. The summed E-state index contributed by atoms with van der Waals surface area (Å²) in [4.78, 5) is 4.61. The minimum atomic E-state index is 0.417. The summed E-state index contributed by atoms with van der Waals surface area (Å²) < 4.78 is 7.19. The Labute approximate surface area is 174 Å². The molecule has 3 aromatic rings. The van der Waals surface area contributed by atoms with E-state index in [4.69, 9.17) is 10.5 Å². The number of pyridine rings is 1. The largest absolute Gasteiger partial charge is 0.493 e.